The molecule has 670 valence electrons. The highest BCUT2D eigenvalue weighted by atomic mass is 31.2. The Bertz CT molecular complexity index is 2150. The number of rotatable bonds is 11. The van der Waals surface area contributed by atoms with Gasteiger partial charge in [0.25, 0.3) is 0 Å². The Morgan fingerprint density at radius 2 is 0.562 bits per heavy atom. The van der Waals surface area contributed by atoms with E-state index in [4.69, 9.17) is 37.5 Å². The monoisotopic (exact) mass is 1620 g/mol. The van der Waals surface area contributed by atoms with E-state index in [9.17, 15) is 40.1 Å². The molecule has 2 saturated heterocycles. The van der Waals surface area contributed by atoms with Crippen LogP contribution in [0.4, 0.5) is 0 Å². The fourth-order valence-corrected chi connectivity index (χ4v) is 18.0. The lowest BCUT2D eigenvalue weighted by molar-refractivity contribution is -0.306. The number of aliphatic hydroxyl groups excluding tert-OH is 6. The quantitative estimate of drug-likeness (QED) is 0.0953. The summed E-state index contributed by atoms with van der Waals surface area (Å²) in [6.45, 7) is 40.1. The van der Waals surface area contributed by atoms with E-state index < -0.39 is 76.7 Å². The van der Waals surface area contributed by atoms with Crippen LogP contribution in [0.25, 0.3) is 0 Å². The van der Waals surface area contributed by atoms with Gasteiger partial charge in [-0.2, -0.15) is 0 Å². The van der Waals surface area contributed by atoms with Crippen LogP contribution in [0.1, 0.15) is 393 Å². The maximum Gasteiger partial charge on any atom is 0.472 e. The number of aliphatic hydroxyl groups is 6. The van der Waals surface area contributed by atoms with E-state index in [2.05, 4.69) is 111 Å². The lowest BCUT2D eigenvalue weighted by Gasteiger charge is -2.40. The van der Waals surface area contributed by atoms with Gasteiger partial charge in [0.05, 0.1) is 46.2 Å². The first kappa shape index (κ1) is 108. The largest absolute Gasteiger partial charge is 0.472 e. The third-order valence-electron chi connectivity index (χ3n) is 26.4. The Morgan fingerprint density at radius 3 is 0.821 bits per heavy atom. The summed E-state index contributed by atoms with van der Waals surface area (Å²) in [7, 11) is -4.47. The first-order chi connectivity index (χ1) is 53.5. The van der Waals surface area contributed by atoms with Crippen molar-refractivity contribution >= 4 is 7.82 Å². The van der Waals surface area contributed by atoms with Gasteiger partial charge < -0.3 is 64.0 Å². The molecule has 7 N–H and O–H groups in total. The van der Waals surface area contributed by atoms with Crippen LogP contribution >= 0.6 is 7.82 Å². The molecule has 0 radical (unpaired) electrons. The molecule has 0 aliphatic carbocycles. The Hall–Kier alpha value is -0.370. The lowest BCUT2D eigenvalue weighted by Crippen LogP contribution is -2.59. The van der Waals surface area contributed by atoms with Crippen LogP contribution in [0.2, 0.25) is 0 Å². The second-order valence-corrected chi connectivity index (χ2v) is 40.7. The molecule has 16 nitrogen and oxygen atoms in total. The minimum Gasteiger partial charge on any atom is -0.394 e. The van der Waals surface area contributed by atoms with E-state index >= 15 is 0 Å². The van der Waals surface area contributed by atoms with Gasteiger partial charge in [-0.25, -0.2) is 4.57 Å². The number of hydrogen-bond donors (Lipinski definition) is 7. The zero-order valence-corrected chi connectivity index (χ0v) is 76.9. The third kappa shape index (κ3) is 58.6. The van der Waals surface area contributed by atoms with Crippen LogP contribution in [-0.2, 0) is 42.0 Å². The number of phosphoric acid groups is 1. The van der Waals surface area contributed by atoms with E-state index in [1.165, 1.54) is 250 Å². The Kier molecular flexibility index (Phi) is 64.7. The van der Waals surface area contributed by atoms with E-state index in [1.807, 2.05) is 0 Å². The molecule has 0 amide bonds. The molecule has 0 aromatic rings. The van der Waals surface area contributed by atoms with Gasteiger partial charge in [0, 0.05) is 26.4 Å². The molecule has 0 aromatic carbocycles. The summed E-state index contributed by atoms with van der Waals surface area (Å²) in [5.74, 6) is 11.5. The van der Waals surface area contributed by atoms with E-state index in [0.717, 1.165) is 103 Å². The van der Waals surface area contributed by atoms with E-state index in [1.54, 1.807) is 0 Å². The molecule has 2 aliphatic heterocycles. The van der Waals surface area contributed by atoms with E-state index in [0.29, 0.717) is 56.7 Å². The summed E-state index contributed by atoms with van der Waals surface area (Å²) in [5, 5.41) is 60.1. The van der Waals surface area contributed by atoms with Crippen molar-refractivity contribution in [2.24, 2.45) is 94.7 Å². The van der Waals surface area contributed by atoms with Crippen molar-refractivity contribution in [1.82, 2.24) is 0 Å². The van der Waals surface area contributed by atoms with Crippen LogP contribution in [-0.4, -0.2) is 157 Å². The van der Waals surface area contributed by atoms with E-state index in [-0.39, 0.29) is 19.8 Å². The Labute approximate surface area is 691 Å². The van der Waals surface area contributed by atoms with Gasteiger partial charge in [0.1, 0.15) is 42.7 Å². The highest BCUT2D eigenvalue weighted by molar-refractivity contribution is 7.47. The zero-order chi connectivity index (χ0) is 82.9. The van der Waals surface area contributed by atoms with Crippen LogP contribution < -0.4 is 0 Å². The minimum atomic E-state index is -4.47. The second kappa shape index (κ2) is 67.2. The number of phosphoric ester groups is 1. The molecule has 0 saturated carbocycles. The molecule has 17 heteroatoms. The molecule has 2 fully saturated rings. The molecule has 2 heterocycles. The molecular formula is C95H189O16P. The molecule has 0 spiro atoms. The average Bonchev–Trinajstić information content (AvgIpc) is 0.818. The van der Waals surface area contributed by atoms with Crippen molar-refractivity contribution in [2.45, 2.75) is 442 Å². The first-order valence-corrected chi connectivity index (χ1v) is 49.2. The van der Waals surface area contributed by atoms with Crippen molar-refractivity contribution in [1.29, 1.82) is 0 Å². The number of ether oxygens (including phenoxy) is 6. The summed E-state index contributed by atoms with van der Waals surface area (Å²) >= 11 is 0. The van der Waals surface area contributed by atoms with Gasteiger partial charge in [-0.15, -0.1) is 0 Å². The third-order valence-corrected chi connectivity index (χ3v) is 27.4. The SMILES string of the molecule is CC1CCCC(C)CCCC(C)CCC(C)CCCC(C)CCCC(C)CCCC(C)CCOC(COP(=O)(O)OCC(O)CO)COCCC(C)CCCC(C)CCCC(C)CCCC(C)CCC(C)CCCC(C)CCCC(C)CCCC(C)CCOC(COC2OC(CO)C(O)C(O)C2O)COCCC(C)CCC1. The molecular weight excluding hydrogens is 1430 g/mol. The van der Waals surface area contributed by atoms with Crippen molar-refractivity contribution in [3.63, 3.8) is 0 Å². The predicted octanol–water partition coefficient (Wildman–Crippen LogP) is 23.4. The molecule has 0 aromatic heterocycles. The second-order valence-electron chi connectivity index (χ2n) is 39.2. The highest BCUT2D eigenvalue weighted by Crippen LogP contribution is 2.44. The first-order valence-electron chi connectivity index (χ1n) is 47.7. The van der Waals surface area contributed by atoms with Gasteiger partial charge in [0.2, 0.25) is 0 Å². The maximum absolute atomic E-state index is 12.7. The summed E-state index contributed by atoms with van der Waals surface area (Å²) in [6.07, 6.45) is 47.1. The minimum absolute atomic E-state index is 0.0907. The van der Waals surface area contributed by atoms with Crippen molar-refractivity contribution in [3.05, 3.63) is 0 Å². The van der Waals surface area contributed by atoms with Gasteiger partial charge >= 0.3 is 7.82 Å². The fourth-order valence-electron chi connectivity index (χ4n) is 17.2. The Balaban J connectivity index is 1.91. The smallest absolute Gasteiger partial charge is 0.394 e. The fraction of sp³-hybridized carbons (Fsp3) is 1.00. The maximum atomic E-state index is 12.7. The van der Waals surface area contributed by atoms with Crippen LogP contribution in [0.15, 0.2) is 0 Å². The van der Waals surface area contributed by atoms with Crippen LogP contribution in [0, 0.1) is 94.7 Å². The highest BCUT2D eigenvalue weighted by Gasteiger charge is 2.44. The Morgan fingerprint density at radius 1 is 0.321 bits per heavy atom. The molecule has 112 heavy (non-hydrogen) atoms. The van der Waals surface area contributed by atoms with Gasteiger partial charge in [-0.05, 0) is 120 Å². The summed E-state index contributed by atoms with van der Waals surface area (Å²) in [5.41, 5.74) is 0. The normalized spacial score (nSPS) is 36.8. The van der Waals surface area contributed by atoms with Crippen LogP contribution in [0.3, 0.4) is 0 Å². The molecule has 2 aliphatic rings. The molecule has 25 atom stereocenters. The van der Waals surface area contributed by atoms with Gasteiger partial charge in [-0.1, -0.05) is 368 Å². The zero-order valence-electron chi connectivity index (χ0n) is 76.0. The van der Waals surface area contributed by atoms with Gasteiger partial charge in [0.15, 0.2) is 6.29 Å². The lowest BCUT2D eigenvalue weighted by atomic mass is 9.88. The summed E-state index contributed by atoms with van der Waals surface area (Å²) in [6, 6.07) is 0. The van der Waals surface area contributed by atoms with Crippen molar-refractivity contribution in [2.75, 3.05) is 72.7 Å². The molecule has 25 unspecified atom stereocenters. The standard InChI is InChI=1S/C95H189O16P/c1-72-29-17-33-76(5)41-25-49-84(13)57-61-104-68-89(70-108-95-94(101)93(100)92(99)91(66-97)111-95)106-63-59-86(15)51-27-43-78(7)35-19-31-74(3)39-23-47-82(11)55-53-81(10)46-22-38-73(2)30-18-34-77(6)42-26-50-85(14)58-62-105-69-90(71-110-112(102,103)109-67-88(98)65-96)107-64-60-87(16)52-28-44-79(8)36-20-32-75(4)40-24-48-83(12)56-54-80(9)45-21-37-72/h72-101H,17-71H2,1-16H3,(H,102,103). The molecule has 0 bridgehead atoms. The predicted molar refractivity (Wildman–Crippen MR) is 465 cm³/mol. The van der Waals surface area contributed by atoms with Crippen LogP contribution in [0.5, 0.6) is 0 Å². The molecule has 2 rings (SSSR count). The summed E-state index contributed by atoms with van der Waals surface area (Å²) in [4.78, 5) is 10.3. The average molecular weight is 1620 g/mol. The number of hydrogen-bond acceptors (Lipinski definition) is 15. The summed E-state index contributed by atoms with van der Waals surface area (Å²) < 4.78 is 59.7. The van der Waals surface area contributed by atoms with Gasteiger partial charge in [-0.3, -0.25) is 9.05 Å². The van der Waals surface area contributed by atoms with Crippen molar-refractivity contribution < 1.29 is 77.6 Å². The van der Waals surface area contributed by atoms with Crippen molar-refractivity contribution in [3.8, 4) is 0 Å². The topological polar surface area (TPSA) is 233 Å².